The van der Waals surface area contributed by atoms with Crippen LogP contribution in [0.2, 0.25) is 0 Å². The molecule has 2 aliphatic rings. The average molecular weight is 697 g/mol. The first-order valence-electron chi connectivity index (χ1n) is 17.4. The van der Waals surface area contributed by atoms with Gasteiger partial charge < -0.3 is 24.3 Å². The van der Waals surface area contributed by atoms with E-state index in [0.717, 1.165) is 72.2 Å². The molecular formula is C39H40N10O3. The summed E-state index contributed by atoms with van der Waals surface area (Å²) in [5, 5.41) is 10.2. The topological polar surface area (TPSA) is 135 Å². The van der Waals surface area contributed by atoms with Crippen LogP contribution in [0.15, 0.2) is 79.4 Å². The highest BCUT2D eigenvalue weighted by Gasteiger charge is 2.28. The monoisotopic (exact) mass is 696 g/mol. The van der Waals surface area contributed by atoms with Gasteiger partial charge in [0.15, 0.2) is 29.4 Å². The van der Waals surface area contributed by atoms with Gasteiger partial charge in [-0.1, -0.05) is 43.0 Å². The normalized spacial score (nSPS) is 15.4. The van der Waals surface area contributed by atoms with Crippen LogP contribution >= 0.6 is 0 Å². The molecule has 13 nitrogen and oxygen atoms in total. The summed E-state index contributed by atoms with van der Waals surface area (Å²) >= 11 is 0. The average Bonchev–Trinajstić information content (AvgIpc) is 3.17. The van der Waals surface area contributed by atoms with Crippen LogP contribution in [0.25, 0.3) is 33.2 Å². The van der Waals surface area contributed by atoms with Crippen LogP contribution in [0.5, 0.6) is 0 Å². The number of ether oxygens (including phenoxy) is 1. The number of hydrogen-bond donors (Lipinski definition) is 0. The Kier molecular flexibility index (Phi) is 10.0. The fraction of sp³-hybridized carbons (Fsp3) is 0.308. The van der Waals surface area contributed by atoms with Gasteiger partial charge in [0, 0.05) is 52.4 Å². The molecule has 5 aromatic rings. The molecule has 2 aliphatic heterocycles. The van der Waals surface area contributed by atoms with E-state index in [1.807, 2.05) is 66.9 Å². The number of piperazine rings is 2. The van der Waals surface area contributed by atoms with Crippen molar-refractivity contribution in [2.24, 2.45) is 0 Å². The second-order valence-electron chi connectivity index (χ2n) is 13.2. The molecule has 2 fully saturated rings. The number of rotatable bonds is 9. The Bertz CT molecular complexity index is 2190. The van der Waals surface area contributed by atoms with E-state index in [0.29, 0.717) is 41.2 Å². The minimum absolute atomic E-state index is 0.0642. The second-order valence-corrected chi connectivity index (χ2v) is 13.2. The van der Waals surface area contributed by atoms with Gasteiger partial charge in [0.2, 0.25) is 0 Å². The molecule has 13 heteroatoms. The molecule has 0 unspecified atom stereocenters. The maximum absolute atomic E-state index is 13.5. The summed E-state index contributed by atoms with van der Waals surface area (Å²) in [5.74, 6) is 1.25. The van der Waals surface area contributed by atoms with E-state index in [1.54, 1.807) is 6.07 Å². The van der Waals surface area contributed by atoms with Crippen molar-refractivity contribution < 1.29 is 14.3 Å². The highest BCUT2D eigenvalue weighted by atomic mass is 16.6. The standard InChI is InChI=1S/C39H40N10O3/c1-4-30(50)24-35-36(47-18-14-45(2)15-19-47)42-33-13-12-29(23-34(33)41-35)28-9-7-8-27(22-28)25-52-39(51)49(26-40)38-37(48-20-16-46(3)17-21-48)43-31-10-5-6-11-32(31)44-38/h4-13,22-23H,1,14-21,24-25H2,2-3H3. The fourth-order valence-electron chi connectivity index (χ4n) is 6.48. The number of carbonyl (C=O) groups excluding carboxylic acids is 2. The van der Waals surface area contributed by atoms with E-state index in [2.05, 4.69) is 40.3 Å². The number of aromatic nitrogens is 4. The van der Waals surface area contributed by atoms with E-state index in [4.69, 9.17) is 24.7 Å². The number of ketones is 1. The van der Waals surface area contributed by atoms with Crippen LogP contribution in [0, 0.1) is 11.5 Å². The highest BCUT2D eigenvalue weighted by molar-refractivity contribution is 5.95. The quantitative estimate of drug-likeness (QED) is 0.120. The smallest absolute Gasteiger partial charge is 0.429 e. The van der Waals surface area contributed by atoms with Crippen molar-refractivity contribution in [1.82, 2.24) is 29.7 Å². The van der Waals surface area contributed by atoms with Gasteiger partial charge in [-0.25, -0.2) is 24.7 Å². The molecule has 0 N–H and O–H groups in total. The van der Waals surface area contributed by atoms with Crippen LogP contribution in [0.1, 0.15) is 11.3 Å². The van der Waals surface area contributed by atoms with Gasteiger partial charge >= 0.3 is 6.09 Å². The maximum atomic E-state index is 13.5. The summed E-state index contributed by atoms with van der Waals surface area (Å²) < 4.78 is 5.71. The Morgan fingerprint density at radius 3 is 2.06 bits per heavy atom. The molecule has 4 heterocycles. The first-order chi connectivity index (χ1) is 25.3. The zero-order chi connectivity index (χ0) is 36.2. The number of nitriles is 1. The summed E-state index contributed by atoms with van der Waals surface area (Å²) in [5.41, 5.74) is 5.82. The van der Waals surface area contributed by atoms with Crippen molar-refractivity contribution in [2.75, 3.05) is 81.2 Å². The molecule has 0 bridgehead atoms. The van der Waals surface area contributed by atoms with Crippen molar-refractivity contribution in [3.63, 3.8) is 0 Å². The number of allylic oxidation sites excluding steroid dienone is 1. The zero-order valence-electron chi connectivity index (χ0n) is 29.4. The van der Waals surface area contributed by atoms with E-state index in [9.17, 15) is 14.9 Å². The molecule has 0 radical (unpaired) electrons. The van der Waals surface area contributed by atoms with Gasteiger partial charge in [-0.3, -0.25) is 4.79 Å². The molecule has 0 aliphatic carbocycles. The van der Waals surface area contributed by atoms with Crippen LogP contribution < -0.4 is 14.7 Å². The van der Waals surface area contributed by atoms with Gasteiger partial charge in [-0.05, 0) is 67.2 Å². The molecule has 0 saturated carbocycles. The van der Waals surface area contributed by atoms with Crippen LogP contribution in [0.4, 0.5) is 22.2 Å². The molecule has 2 saturated heterocycles. The lowest BCUT2D eigenvalue weighted by Crippen LogP contribution is -2.45. The number of fused-ring (bicyclic) bond motifs is 2. The number of carbonyl (C=O) groups is 2. The van der Waals surface area contributed by atoms with Crippen molar-refractivity contribution in [2.45, 2.75) is 13.0 Å². The number of benzene rings is 3. The lowest BCUT2D eigenvalue weighted by atomic mass is 10.0. The Labute approximate surface area is 302 Å². The third-order valence-electron chi connectivity index (χ3n) is 9.54. The van der Waals surface area contributed by atoms with Gasteiger partial charge in [0.1, 0.15) is 6.61 Å². The van der Waals surface area contributed by atoms with Crippen molar-refractivity contribution in [3.05, 3.63) is 90.6 Å². The number of anilines is 3. The molecule has 0 atom stereocenters. The van der Waals surface area contributed by atoms with Gasteiger partial charge in [-0.15, -0.1) is 0 Å². The Hall–Kier alpha value is -5.97. The number of likely N-dealkylation sites (N-methyl/N-ethyl adjacent to an activating group) is 2. The van der Waals surface area contributed by atoms with Gasteiger partial charge in [0.25, 0.3) is 0 Å². The maximum Gasteiger partial charge on any atom is 0.429 e. The minimum Gasteiger partial charge on any atom is -0.444 e. The van der Waals surface area contributed by atoms with Crippen molar-refractivity contribution in [1.29, 1.82) is 5.26 Å². The number of nitrogens with zero attached hydrogens (tertiary/aromatic N) is 10. The molecule has 1 amide bonds. The Balaban J connectivity index is 1.12. The van der Waals surface area contributed by atoms with E-state index in [1.165, 1.54) is 6.08 Å². The first kappa shape index (κ1) is 34.5. The summed E-state index contributed by atoms with van der Waals surface area (Å²) in [6.45, 7) is 10.0. The van der Waals surface area contributed by atoms with Crippen LogP contribution in [-0.2, 0) is 22.6 Å². The summed E-state index contributed by atoms with van der Waals surface area (Å²) in [6, 6.07) is 20.9. The number of amides is 1. The molecule has 52 heavy (non-hydrogen) atoms. The first-order valence-corrected chi connectivity index (χ1v) is 17.4. The van der Waals surface area contributed by atoms with E-state index in [-0.39, 0.29) is 24.6 Å². The van der Waals surface area contributed by atoms with E-state index >= 15 is 0 Å². The second kappa shape index (κ2) is 15.1. The van der Waals surface area contributed by atoms with E-state index < -0.39 is 6.09 Å². The lowest BCUT2D eigenvalue weighted by molar-refractivity contribution is -0.114. The van der Waals surface area contributed by atoms with Gasteiger partial charge in [-0.2, -0.15) is 10.2 Å². The number of hydrogen-bond acceptors (Lipinski definition) is 12. The van der Waals surface area contributed by atoms with Crippen molar-refractivity contribution >= 4 is 51.4 Å². The third kappa shape index (κ3) is 7.39. The molecule has 264 valence electrons. The Morgan fingerprint density at radius 2 is 1.38 bits per heavy atom. The number of para-hydroxylation sites is 2. The largest absolute Gasteiger partial charge is 0.444 e. The molecule has 2 aromatic heterocycles. The molecular weight excluding hydrogens is 656 g/mol. The summed E-state index contributed by atoms with van der Waals surface area (Å²) in [6.07, 6.45) is 2.59. The van der Waals surface area contributed by atoms with Crippen molar-refractivity contribution in [3.8, 4) is 17.3 Å². The van der Waals surface area contributed by atoms with Crippen LogP contribution in [-0.4, -0.2) is 108 Å². The Morgan fingerprint density at radius 1 is 0.769 bits per heavy atom. The summed E-state index contributed by atoms with van der Waals surface area (Å²) in [7, 11) is 4.15. The SMILES string of the molecule is C=CC(=O)Cc1nc2cc(-c3cccc(COC(=O)N(C#N)c4nc5ccccc5nc4N4CCN(C)CC4)c3)ccc2nc1N1CCN(C)CC1. The van der Waals surface area contributed by atoms with Gasteiger partial charge in [0.05, 0.1) is 34.2 Å². The molecule has 3 aromatic carbocycles. The molecule has 7 rings (SSSR count). The lowest BCUT2D eigenvalue weighted by Gasteiger charge is -2.34. The highest BCUT2D eigenvalue weighted by Crippen LogP contribution is 2.31. The predicted octanol–water partition coefficient (Wildman–Crippen LogP) is 4.67. The zero-order valence-corrected chi connectivity index (χ0v) is 29.4. The fourth-order valence-corrected chi connectivity index (χ4v) is 6.48. The third-order valence-corrected chi connectivity index (χ3v) is 9.54. The van der Waals surface area contributed by atoms with Crippen LogP contribution in [0.3, 0.4) is 0 Å². The minimum atomic E-state index is -0.841. The summed E-state index contributed by atoms with van der Waals surface area (Å²) in [4.78, 5) is 55.0. The predicted molar refractivity (Wildman–Crippen MR) is 201 cm³/mol. The molecule has 0 spiro atoms.